The standard InChI is InChI=1S/C52H25B7N4O/c53-29-22-33-40-46(58)47(59)43-42-41(34(54)24-35(55)45(42)57)39(44(43)49(40)63(48(33)36(56)23-29)30-14-8-3-9-15-30)27-16-18-31-32-20-28(17-19-37(32)64-38(31)21-27)52-61-50(25-10-4-1-5-11-25)60-51(62-52)26-12-6-2-7-13-26/h1-24,39H. The lowest BCUT2D eigenvalue weighted by atomic mass is 9.68. The molecule has 1 atom stereocenters. The Labute approximate surface area is 378 Å². The summed E-state index contributed by atoms with van der Waals surface area (Å²) in [5, 5.41) is 3.31. The lowest BCUT2D eigenvalue weighted by Crippen LogP contribution is -2.36. The largest absolute Gasteiger partial charge is 0.456 e. The molecule has 14 radical (unpaired) electrons. The number of para-hydroxylation sites is 1. The van der Waals surface area contributed by atoms with Crippen molar-refractivity contribution in [3.63, 3.8) is 0 Å². The molecule has 0 fully saturated rings. The molecule has 0 saturated heterocycles. The fourth-order valence-electron chi connectivity index (χ4n) is 9.78. The minimum absolute atomic E-state index is 0.343. The quantitative estimate of drug-likeness (QED) is 0.240. The zero-order chi connectivity index (χ0) is 43.5. The highest BCUT2D eigenvalue weighted by Gasteiger charge is 2.38. The van der Waals surface area contributed by atoms with Crippen LogP contribution in [0.1, 0.15) is 22.6 Å². The Kier molecular flexibility index (Phi) is 8.68. The van der Waals surface area contributed by atoms with Crippen LogP contribution in [0.25, 0.3) is 94.7 Å². The van der Waals surface area contributed by atoms with Gasteiger partial charge < -0.3 is 8.98 Å². The van der Waals surface area contributed by atoms with Gasteiger partial charge in [-0.1, -0.05) is 142 Å². The summed E-state index contributed by atoms with van der Waals surface area (Å²) < 4.78 is 8.81. The number of benzene rings is 8. The Morgan fingerprint density at radius 3 is 1.73 bits per heavy atom. The zero-order valence-electron chi connectivity index (χ0n) is 34.2. The summed E-state index contributed by atoms with van der Waals surface area (Å²) in [4.78, 5) is 14.8. The van der Waals surface area contributed by atoms with Crippen molar-refractivity contribution in [3.8, 4) is 51.0 Å². The van der Waals surface area contributed by atoms with Gasteiger partial charge in [-0.2, -0.15) is 0 Å². The molecule has 3 heterocycles. The van der Waals surface area contributed by atoms with E-state index in [0.717, 1.165) is 71.6 Å². The van der Waals surface area contributed by atoms with E-state index in [2.05, 4.69) is 28.8 Å². The van der Waals surface area contributed by atoms with Crippen LogP contribution in [-0.4, -0.2) is 74.4 Å². The molecule has 0 aliphatic heterocycles. The summed E-state index contributed by atoms with van der Waals surface area (Å²) in [6.07, 6.45) is 0. The number of rotatable bonds is 5. The second kappa shape index (κ2) is 14.4. The van der Waals surface area contributed by atoms with E-state index in [1.165, 1.54) is 0 Å². The first-order chi connectivity index (χ1) is 31.1. The molecule has 12 rings (SSSR count). The van der Waals surface area contributed by atoms with Gasteiger partial charge in [-0.15, -0.1) is 5.46 Å². The highest BCUT2D eigenvalue weighted by molar-refractivity contribution is 6.59. The van der Waals surface area contributed by atoms with E-state index in [1.54, 1.807) is 12.1 Å². The number of furan rings is 1. The molecule has 1 aliphatic rings. The Bertz CT molecular complexity index is 3700. The van der Waals surface area contributed by atoms with E-state index in [0.29, 0.717) is 78.0 Å². The number of nitrogens with zero attached hydrogens (tertiary/aromatic N) is 4. The molecular weight excluding hydrogens is 772 g/mol. The average Bonchev–Trinajstić information content (AvgIpc) is 3.99. The lowest BCUT2D eigenvalue weighted by molar-refractivity contribution is 0.668. The summed E-state index contributed by atoms with van der Waals surface area (Å²) in [6.45, 7) is 0. The van der Waals surface area contributed by atoms with Crippen molar-refractivity contribution < 1.29 is 4.42 Å². The van der Waals surface area contributed by atoms with Gasteiger partial charge in [-0.25, -0.2) is 15.0 Å². The van der Waals surface area contributed by atoms with Gasteiger partial charge in [0, 0.05) is 55.4 Å². The molecule has 0 saturated carbocycles. The van der Waals surface area contributed by atoms with Crippen molar-refractivity contribution in [2.75, 3.05) is 0 Å². The Hall–Kier alpha value is -7.18. The highest BCUT2D eigenvalue weighted by Crippen LogP contribution is 2.50. The smallest absolute Gasteiger partial charge is 0.164 e. The van der Waals surface area contributed by atoms with E-state index < -0.39 is 5.92 Å². The summed E-state index contributed by atoms with van der Waals surface area (Å²) in [5.74, 6) is 1.22. The fourth-order valence-corrected chi connectivity index (χ4v) is 9.78. The van der Waals surface area contributed by atoms with E-state index >= 15 is 0 Å². The first kappa shape index (κ1) is 38.5. The Balaban J connectivity index is 1.10. The van der Waals surface area contributed by atoms with E-state index in [1.807, 2.05) is 109 Å². The van der Waals surface area contributed by atoms with Crippen LogP contribution in [-0.2, 0) is 0 Å². The SMILES string of the molecule is [B]c1cc([B])c2c(c1)c1c([B])c([B])c3c(c1n2-c1ccccc1)C(c1ccc2c(c1)oc1ccc(-c4nc(-c5ccccc5)nc(-c5ccccc5)n4)cc12)c1c([B])cc([B])c([B])c1-3. The van der Waals surface area contributed by atoms with Crippen molar-refractivity contribution in [2.45, 2.75) is 5.92 Å². The Morgan fingerprint density at radius 2 is 1.06 bits per heavy atom. The predicted octanol–water partition coefficient (Wildman–Crippen LogP) is 4.59. The fraction of sp³-hybridized carbons (Fsp3) is 0.0192. The minimum Gasteiger partial charge on any atom is -0.456 e. The molecule has 5 nitrogen and oxygen atoms in total. The zero-order valence-corrected chi connectivity index (χ0v) is 34.2. The van der Waals surface area contributed by atoms with Gasteiger partial charge in [0.15, 0.2) is 17.5 Å². The van der Waals surface area contributed by atoms with Crippen molar-refractivity contribution in [1.82, 2.24) is 19.5 Å². The molecule has 280 valence electrons. The van der Waals surface area contributed by atoms with Crippen molar-refractivity contribution in [3.05, 3.63) is 162 Å². The van der Waals surface area contributed by atoms with E-state index in [4.69, 9.17) is 74.3 Å². The van der Waals surface area contributed by atoms with Gasteiger partial charge in [0.2, 0.25) is 0 Å². The third-order valence-corrected chi connectivity index (χ3v) is 12.6. The molecule has 64 heavy (non-hydrogen) atoms. The van der Waals surface area contributed by atoms with Crippen LogP contribution in [0.15, 0.2) is 150 Å². The predicted molar refractivity (Wildman–Crippen MR) is 268 cm³/mol. The first-order valence-electron chi connectivity index (χ1n) is 20.7. The third kappa shape index (κ3) is 5.71. The van der Waals surface area contributed by atoms with E-state index in [9.17, 15) is 0 Å². The van der Waals surface area contributed by atoms with Gasteiger partial charge in [0.05, 0.1) is 5.52 Å². The van der Waals surface area contributed by atoms with E-state index in [-0.39, 0.29) is 0 Å². The van der Waals surface area contributed by atoms with Crippen molar-refractivity contribution in [2.24, 2.45) is 0 Å². The Morgan fingerprint density at radius 1 is 0.438 bits per heavy atom. The first-order valence-corrected chi connectivity index (χ1v) is 20.7. The summed E-state index contributed by atoms with van der Waals surface area (Å²) in [5.41, 5.74) is 13.1. The van der Waals surface area contributed by atoms with Crippen molar-refractivity contribution in [1.29, 1.82) is 0 Å². The highest BCUT2D eigenvalue weighted by atomic mass is 16.3. The minimum atomic E-state index is -0.491. The molecular formula is C52H25B7N4O. The molecule has 11 aromatic rings. The number of hydrogen-bond donors (Lipinski definition) is 0. The van der Waals surface area contributed by atoms with Gasteiger partial charge in [-0.3, -0.25) is 0 Å². The maximum Gasteiger partial charge on any atom is 0.164 e. The van der Waals surface area contributed by atoms with Crippen LogP contribution in [0.5, 0.6) is 0 Å². The molecule has 1 unspecified atom stereocenters. The van der Waals surface area contributed by atoms with Crippen LogP contribution in [0.4, 0.5) is 0 Å². The molecule has 12 heteroatoms. The van der Waals surface area contributed by atoms with Gasteiger partial charge in [0.1, 0.15) is 66.1 Å². The van der Waals surface area contributed by atoms with Crippen LogP contribution in [0, 0.1) is 0 Å². The number of aromatic nitrogens is 4. The molecule has 1 aliphatic carbocycles. The van der Waals surface area contributed by atoms with Crippen LogP contribution in [0.3, 0.4) is 0 Å². The molecule has 0 bridgehead atoms. The monoisotopic (exact) mass is 798 g/mol. The number of fused-ring (bicyclic) bond motifs is 10. The summed E-state index contributed by atoms with van der Waals surface area (Å²) in [6, 6.07) is 47.4. The van der Waals surface area contributed by atoms with Gasteiger partial charge in [-0.05, 0) is 64.2 Å². The molecule has 0 N–H and O–H groups in total. The lowest BCUT2D eigenvalue weighted by Gasteiger charge is -2.21. The van der Waals surface area contributed by atoms with Crippen molar-refractivity contribution >= 4 is 137 Å². The van der Waals surface area contributed by atoms with Crippen LogP contribution in [0.2, 0.25) is 0 Å². The third-order valence-electron chi connectivity index (χ3n) is 12.6. The molecule has 8 aromatic carbocycles. The van der Waals surface area contributed by atoms with Gasteiger partial charge >= 0.3 is 0 Å². The second-order valence-corrected chi connectivity index (χ2v) is 16.3. The normalized spacial score (nSPS) is 13.3. The molecule has 0 spiro atoms. The average molecular weight is 797 g/mol. The molecule has 0 amide bonds. The topological polar surface area (TPSA) is 56.7 Å². The number of hydrogen-bond acceptors (Lipinski definition) is 4. The second-order valence-electron chi connectivity index (χ2n) is 16.3. The van der Waals surface area contributed by atoms with Gasteiger partial charge in [0.25, 0.3) is 0 Å². The summed E-state index contributed by atoms with van der Waals surface area (Å²) in [7, 11) is 48.1. The van der Waals surface area contributed by atoms with Crippen LogP contribution < -0.4 is 38.2 Å². The molecule has 3 aromatic heterocycles. The van der Waals surface area contributed by atoms with Crippen LogP contribution >= 0.6 is 0 Å². The maximum atomic E-state index is 7.16. The summed E-state index contributed by atoms with van der Waals surface area (Å²) >= 11 is 0. The maximum absolute atomic E-state index is 7.16.